The number of nitrogens with two attached hydrogens (primary N) is 1. The van der Waals surface area contributed by atoms with Crippen molar-refractivity contribution in [2.45, 2.75) is 18.9 Å². The quantitative estimate of drug-likeness (QED) is 0.842. The summed E-state index contributed by atoms with van der Waals surface area (Å²) in [6, 6.07) is 4.53. The highest BCUT2D eigenvalue weighted by atomic mass is 16.5. The predicted octanol–water partition coefficient (Wildman–Crippen LogP) is 0.970. The Balaban J connectivity index is 2.26. The van der Waals surface area contributed by atoms with Gasteiger partial charge in [-0.25, -0.2) is 0 Å². The van der Waals surface area contributed by atoms with Crippen LogP contribution in [0.1, 0.15) is 23.2 Å². The summed E-state index contributed by atoms with van der Waals surface area (Å²) in [5.41, 5.74) is 6.70. The van der Waals surface area contributed by atoms with Crippen molar-refractivity contribution in [2.24, 2.45) is 0 Å². The second-order valence-corrected chi connectivity index (χ2v) is 5.38. The summed E-state index contributed by atoms with van der Waals surface area (Å²) in [5.74, 6) is 0.308. The molecule has 1 aliphatic rings. The zero-order chi connectivity index (χ0) is 15.6. The van der Waals surface area contributed by atoms with E-state index in [1.807, 2.05) is 0 Å². The van der Waals surface area contributed by atoms with Gasteiger partial charge in [-0.15, -0.1) is 0 Å². The molecule has 2 amide bonds. The number of anilines is 1. The number of rotatable bonds is 3. The van der Waals surface area contributed by atoms with Crippen molar-refractivity contribution < 1.29 is 14.3 Å². The van der Waals surface area contributed by atoms with Crippen LogP contribution in [0.2, 0.25) is 0 Å². The van der Waals surface area contributed by atoms with E-state index in [9.17, 15) is 9.59 Å². The monoisotopic (exact) mass is 291 g/mol. The molecule has 21 heavy (non-hydrogen) atoms. The van der Waals surface area contributed by atoms with Crippen LogP contribution in [0.25, 0.3) is 0 Å². The Kier molecular flexibility index (Phi) is 4.35. The number of likely N-dealkylation sites (tertiary alicyclic amines) is 1. The Hall–Kier alpha value is -2.24. The lowest BCUT2D eigenvalue weighted by Crippen LogP contribution is -2.45. The highest BCUT2D eigenvalue weighted by Gasteiger charge is 2.35. The highest BCUT2D eigenvalue weighted by Crippen LogP contribution is 2.25. The number of hydrogen-bond acceptors (Lipinski definition) is 4. The molecular formula is C15H21N3O3. The van der Waals surface area contributed by atoms with Crippen molar-refractivity contribution in [1.82, 2.24) is 9.80 Å². The average Bonchev–Trinajstić information content (AvgIpc) is 2.93. The van der Waals surface area contributed by atoms with Crippen molar-refractivity contribution in [2.75, 3.05) is 33.5 Å². The molecule has 0 bridgehead atoms. The number of nitrogen functional groups attached to an aromatic ring is 1. The molecule has 1 fully saturated rings. The minimum Gasteiger partial charge on any atom is -0.497 e. The van der Waals surface area contributed by atoms with Crippen molar-refractivity contribution in [3.63, 3.8) is 0 Å². The largest absolute Gasteiger partial charge is 0.497 e. The molecule has 1 aromatic rings. The molecule has 1 unspecified atom stereocenters. The summed E-state index contributed by atoms with van der Waals surface area (Å²) in [4.78, 5) is 28.0. The molecule has 114 valence electrons. The third-order valence-electron chi connectivity index (χ3n) is 3.65. The molecule has 1 saturated heterocycles. The second kappa shape index (κ2) is 6.03. The van der Waals surface area contributed by atoms with Crippen LogP contribution in [0.4, 0.5) is 5.69 Å². The van der Waals surface area contributed by atoms with Gasteiger partial charge in [0.15, 0.2) is 0 Å². The summed E-state index contributed by atoms with van der Waals surface area (Å²) in [6.07, 6.45) is 1.53. The van der Waals surface area contributed by atoms with E-state index in [1.54, 1.807) is 37.2 Å². The van der Waals surface area contributed by atoms with E-state index in [2.05, 4.69) is 0 Å². The van der Waals surface area contributed by atoms with E-state index in [4.69, 9.17) is 10.5 Å². The smallest absolute Gasteiger partial charge is 0.254 e. The Bertz CT molecular complexity index is 557. The first-order valence-corrected chi connectivity index (χ1v) is 6.90. The number of likely N-dealkylation sites (N-methyl/N-ethyl adjacent to an activating group) is 1. The average molecular weight is 291 g/mol. The molecule has 0 spiro atoms. The number of amides is 2. The number of carbonyl (C=O) groups is 2. The molecule has 0 radical (unpaired) electrons. The summed E-state index contributed by atoms with van der Waals surface area (Å²) in [6.45, 7) is 0.584. The van der Waals surface area contributed by atoms with E-state index in [-0.39, 0.29) is 17.9 Å². The van der Waals surface area contributed by atoms with E-state index >= 15 is 0 Å². The number of ether oxygens (including phenoxy) is 1. The zero-order valence-corrected chi connectivity index (χ0v) is 12.6. The number of hydrogen-bond donors (Lipinski definition) is 1. The molecule has 1 atom stereocenters. The lowest BCUT2D eigenvalue weighted by molar-refractivity contribution is -0.132. The number of carbonyl (C=O) groups excluding carboxylic acids is 2. The maximum absolute atomic E-state index is 12.6. The van der Waals surface area contributed by atoms with Crippen LogP contribution in [0, 0.1) is 0 Å². The van der Waals surface area contributed by atoms with Crippen LogP contribution in [0.5, 0.6) is 5.75 Å². The first kappa shape index (κ1) is 15.2. The van der Waals surface area contributed by atoms with E-state index in [1.165, 1.54) is 12.0 Å². The first-order chi connectivity index (χ1) is 9.93. The Morgan fingerprint density at radius 3 is 2.67 bits per heavy atom. The minimum absolute atomic E-state index is 0.0447. The third kappa shape index (κ3) is 3.09. The standard InChI is InChI=1S/C15H21N3O3/c1-17(2)15(20)13-5-4-6-18(13)14(19)10-7-11(16)9-12(8-10)21-3/h7-9,13H,4-6,16H2,1-3H3. The number of benzene rings is 1. The molecule has 0 aromatic heterocycles. The summed E-state index contributed by atoms with van der Waals surface area (Å²) < 4.78 is 5.14. The van der Waals surface area contributed by atoms with Gasteiger partial charge in [-0.1, -0.05) is 0 Å². The summed E-state index contributed by atoms with van der Waals surface area (Å²) in [7, 11) is 4.93. The number of nitrogens with zero attached hydrogens (tertiary/aromatic N) is 2. The van der Waals surface area contributed by atoms with Gasteiger partial charge in [0, 0.05) is 38.0 Å². The van der Waals surface area contributed by atoms with Gasteiger partial charge in [0.25, 0.3) is 5.91 Å². The molecule has 0 aliphatic carbocycles. The van der Waals surface area contributed by atoms with Crippen LogP contribution >= 0.6 is 0 Å². The molecule has 0 saturated carbocycles. The topological polar surface area (TPSA) is 75.9 Å². The SMILES string of the molecule is COc1cc(N)cc(C(=O)N2CCCC2C(=O)N(C)C)c1. The van der Waals surface area contributed by atoms with Crippen LogP contribution < -0.4 is 10.5 Å². The second-order valence-electron chi connectivity index (χ2n) is 5.38. The van der Waals surface area contributed by atoms with Gasteiger partial charge < -0.3 is 20.3 Å². The lowest BCUT2D eigenvalue weighted by atomic mass is 10.1. The molecule has 1 heterocycles. The van der Waals surface area contributed by atoms with Crippen LogP contribution in [-0.2, 0) is 4.79 Å². The van der Waals surface area contributed by atoms with E-state index < -0.39 is 0 Å². The van der Waals surface area contributed by atoms with Gasteiger partial charge in [0.05, 0.1) is 7.11 Å². The fraction of sp³-hybridized carbons (Fsp3) is 0.467. The summed E-state index contributed by atoms with van der Waals surface area (Å²) >= 11 is 0. The van der Waals surface area contributed by atoms with Crippen molar-refractivity contribution in [1.29, 1.82) is 0 Å². The molecule has 1 aromatic carbocycles. The normalized spacial score (nSPS) is 17.7. The molecular weight excluding hydrogens is 270 g/mol. The van der Waals surface area contributed by atoms with Crippen molar-refractivity contribution in [3.05, 3.63) is 23.8 Å². The zero-order valence-electron chi connectivity index (χ0n) is 12.6. The molecule has 6 nitrogen and oxygen atoms in total. The maximum Gasteiger partial charge on any atom is 0.254 e. The molecule has 2 rings (SSSR count). The van der Waals surface area contributed by atoms with Gasteiger partial charge in [-0.05, 0) is 25.0 Å². The third-order valence-corrected chi connectivity index (χ3v) is 3.65. The van der Waals surface area contributed by atoms with Gasteiger partial charge in [0.2, 0.25) is 5.91 Å². The van der Waals surface area contributed by atoms with Crippen LogP contribution in [-0.4, -0.2) is 55.4 Å². The maximum atomic E-state index is 12.6. The van der Waals surface area contributed by atoms with Gasteiger partial charge in [-0.3, -0.25) is 9.59 Å². The van der Waals surface area contributed by atoms with Crippen LogP contribution in [0.15, 0.2) is 18.2 Å². The lowest BCUT2D eigenvalue weighted by Gasteiger charge is -2.26. The molecule has 6 heteroatoms. The number of methoxy groups -OCH3 is 1. The predicted molar refractivity (Wildman–Crippen MR) is 80.2 cm³/mol. The fourth-order valence-corrected chi connectivity index (χ4v) is 2.59. The Morgan fingerprint density at radius 2 is 2.05 bits per heavy atom. The van der Waals surface area contributed by atoms with Crippen LogP contribution in [0.3, 0.4) is 0 Å². The van der Waals surface area contributed by atoms with E-state index in [0.29, 0.717) is 30.0 Å². The Labute approximate surface area is 124 Å². The van der Waals surface area contributed by atoms with Gasteiger partial charge >= 0.3 is 0 Å². The molecule has 2 N–H and O–H groups in total. The van der Waals surface area contributed by atoms with E-state index in [0.717, 1.165) is 6.42 Å². The van der Waals surface area contributed by atoms with Gasteiger partial charge in [0.1, 0.15) is 11.8 Å². The highest BCUT2D eigenvalue weighted by molar-refractivity contribution is 5.98. The van der Waals surface area contributed by atoms with Crippen molar-refractivity contribution in [3.8, 4) is 5.75 Å². The fourth-order valence-electron chi connectivity index (χ4n) is 2.59. The van der Waals surface area contributed by atoms with Crippen molar-refractivity contribution >= 4 is 17.5 Å². The molecule has 1 aliphatic heterocycles. The Morgan fingerprint density at radius 1 is 1.33 bits per heavy atom. The summed E-state index contributed by atoms with van der Waals surface area (Å²) in [5, 5.41) is 0. The minimum atomic E-state index is -0.389. The first-order valence-electron chi connectivity index (χ1n) is 6.90. The van der Waals surface area contributed by atoms with Gasteiger partial charge in [-0.2, -0.15) is 0 Å².